The molecule has 1 N–H and O–H groups in total. The Hall–Kier alpha value is -1.82. The Labute approximate surface area is 119 Å². The first kappa shape index (κ1) is 14.6. The van der Waals surface area contributed by atoms with Crippen molar-refractivity contribution in [2.75, 3.05) is 14.2 Å². The van der Waals surface area contributed by atoms with Crippen molar-refractivity contribution in [2.45, 2.75) is 32.9 Å². The fraction of sp³-hybridized carbons (Fsp3) is 0.571. The fourth-order valence-electron chi connectivity index (χ4n) is 2.48. The minimum atomic E-state index is 0.00481. The van der Waals surface area contributed by atoms with E-state index < -0.39 is 0 Å². The summed E-state index contributed by atoms with van der Waals surface area (Å²) in [5, 5.41) is 12.3. The Morgan fingerprint density at radius 1 is 1.40 bits per heavy atom. The maximum Gasteiger partial charge on any atom is 0.161 e. The van der Waals surface area contributed by atoms with Crippen molar-refractivity contribution in [1.82, 2.24) is 24.9 Å². The summed E-state index contributed by atoms with van der Waals surface area (Å²) in [4.78, 5) is 0. The van der Waals surface area contributed by atoms with Crippen LogP contribution >= 0.6 is 0 Å². The van der Waals surface area contributed by atoms with E-state index in [2.05, 4.69) is 35.4 Å². The van der Waals surface area contributed by atoms with Gasteiger partial charge in [-0.15, -0.1) is 0 Å². The first-order valence-corrected chi connectivity index (χ1v) is 6.95. The molecular weight excluding hydrogens is 254 g/mol. The van der Waals surface area contributed by atoms with Gasteiger partial charge in [0.1, 0.15) is 5.69 Å². The number of hydrogen-bond acceptors (Lipinski definition) is 4. The third-order valence-corrected chi connectivity index (χ3v) is 3.55. The molecule has 0 bridgehead atoms. The molecule has 0 saturated carbocycles. The number of hydrogen-bond donors (Lipinski definition) is 1. The smallest absolute Gasteiger partial charge is 0.161 e. The first-order chi connectivity index (χ1) is 9.65. The van der Waals surface area contributed by atoms with E-state index in [4.69, 9.17) is 4.74 Å². The lowest BCUT2D eigenvalue weighted by atomic mass is 10.1. The zero-order valence-electron chi connectivity index (χ0n) is 12.8. The standard InChI is InChI=1S/C14H23N5O/c1-6-10-8-11(19(7-2)17-10)13(15-3)14-12(20-5)9-16-18(14)4/h8-9,13,15H,6-7H2,1-5H3. The quantitative estimate of drug-likeness (QED) is 0.869. The molecule has 2 aromatic rings. The molecule has 0 aliphatic carbocycles. The molecule has 1 unspecified atom stereocenters. The van der Waals surface area contributed by atoms with Gasteiger partial charge in [0.2, 0.25) is 0 Å². The van der Waals surface area contributed by atoms with Gasteiger partial charge in [0.05, 0.1) is 30.7 Å². The first-order valence-electron chi connectivity index (χ1n) is 6.95. The van der Waals surface area contributed by atoms with E-state index >= 15 is 0 Å². The van der Waals surface area contributed by atoms with Gasteiger partial charge in [0.25, 0.3) is 0 Å². The molecule has 20 heavy (non-hydrogen) atoms. The topological polar surface area (TPSA) is 56.9 Å². The average Bonchev–Trinajstić information content (AvgIpc) is 3.04. The van der Waals surface area contributed by atoms with Crippen molar-refractivity contribution in [3.63, 3.8) is 0 Å². The zero-order chi connectivity index (χ0) is 14.7. The van der Waals surface area contributed by atoms with Crippen LogP contribution in [-0.2, 0) is 20.0 Å². The van der Waals surface area contributed by atoms with Gasteiger partial charge in [0.15, 0.2) is 5.75 Å². The largest absolute Gasteiger partial charge is 0.493 e. The van der Waals surface area contributed by atoms with E-state index in [0.29, 0.717) is 0 Å². The number of aryl methyl sites for hydroxylation is 3. The second kappa shape index (κ2) is 6.09. The molecule has 0 fully saturated rings. The van der Waals surface area contributed by atoms with Crippen molar-refractivity contribution in [2.24, 2.45) is 7.05 Å². The highest BCUT2D eigenvalue weighted by Gasteiger charge is 2.24. The zero-order valence-corrected chi connectivity index (χ0v) is 12.8. The molecule has 0 aromatic carbocycles. The monoisotopic (exact) mass is 277 g/mol. The summed E-state index contributed by atoms with van der Waals surface area (Å²) in [5.41, 5.74) is 3.24. The summed E-state index contributed by atoms with van der Waals surface area (Å²) in [7, 11) is 5.53. The molecule has 6 nitrogen and oxygen atoms in total. The molecule has 0 aliphatic heterocycles. The molecule has 0 radical (unpaired) electrons. The molecule has 2 rings (SSSR count). The van der Waals surface area contributed by atoms with Crippen LogP contribution in [0.3, 0.4) is 0 Å². The SMILES string of the molecule is CCc1cc(C(NC)c2c(OC)cnn2C)n(CC)n1. The van der Waals surface area contributed by atoms with Crippen LogP contribution in [0.15, 0.2) is 12.3 Å². The van der Waals surface area contributed by atoms with E-state index in [1.54, 1.807) is 13.3 Å². The number of aromatic nitrogens is 4. The third-order valence-electron chi connectivity index (χ3n) is 3.55. The number of nitrogens with one attached hydrogen (secondary N) is 1. The summed E-state index contributed by atoms with van der Waals surface area (Å²) in [6.07, 6.45) is 2.67. The Morgan fingerprint density at radius 2 is 2.15 bits per heavy atom. The number of methoxy groups -OCH3 is 1. The van der Waals surface area contributed by atoms with E-state index in [0.717, 1.165) is 35.8 Å². The molecule has 0 saturated heterocycles. The lowest BCUT2D eigenvalue weighted by Crippen LogP contribution is -2.24. The lowest BCUT2D eigenvalue weighted by molar-refractivity contribution is 0.400. The van der Waals surface area contributed by atoms with Crippen molar-refractivity contribution in [1.29, 1.82) is 0 Å². The van der Waals surface area contributed by atoms with Gasteiger partial charge in [0, 0.05) is 13.6 Å². The van der Waals surface area contributed by atoms with Crippen molar-refractivity contribution in [3.05, 3.63) is 29.3 Å². The molecule has 0 aliphatic rings. The Morgan fingerprint density at radius 3 is 2.70 bits per heavy atom. The summed E-state index contributed by atoms with van der Waals surface area (Å²) in [5.74, 6) is 0.786. The number of ether oxygens (including phenoxy) is 1. The van der Waals surface area contributed by atoms with Crippen LogP contribution in [-0.4, -0.2) is 33.7 Å². The normalized spacial score (nSPS) is 12.7. The molecule has 1 atom stereocenters. The molecule has 2 aromatic heterocycles. The summed E-state index contributed by atoms with van der Waals surface area (Å²) in [6.45, 7) is 5.06. The molecule has 2 heterocycles. The highest BCUT2D eigenvalue weighted by Crippen LogP contribution is 2.29. The van der Waals surface area contributed by atoms with Crippen molar-refractivity contribution >= 4 is 0 Å². The maximum atomic E-state index is 5.42. The van der Waals surface area contributed by atoms with Gasteiger partial charge in [-0.3, -0.25) is 9.36 Å². The van der Waals surface area contributed by atoms with Gasteiger partial charge in [-0.1, -0.05) is 6.92 Å². The second-order valence-electron chi connectivity index (χ2n) is 4.67. The highest BCUT2D eigenvalue weighted by molar-refractivity contribution is 5.34. The molecule has 0 amide bonds. The molecule has 0 spiro atoms. The van der Waals surface area contributed by atoms with E-state index in [-0.39, 0.29) is 6.04 Å². The molecular formula is C14H23N5O. The van der Waals surface area contributed by atoms with Crippen LogP contribution in [0.4, 0.5) is 0 Å². The minimum Gasteiger partial charge on any atom is -0.493 e. The van der Waals surface area contributed by atoms with Crippen LogP contribution in [0.25, 0.3) is 0 Å². The van der Waals surface area contributed by atoms with E-state index in [1.807, 2.05) is 23.5 Å². The third kappa shape index (κ3) is 2.43. The van der Waals surface area contributed by atoms with Gasteiger partial charge in [-0.2, -0.15) is 10.2 Å². The van der Waals surface area contributed by atoms with Gasteiger partial charge >= 0.3 is 0 Å². The second-order valence-corrected chi connectivity index (χ2v) is 4.67. The van der Waals surface area contributed by atoms with E-state index in [1.165, 1.54) is 0 Å². The predicted molar refractivity (Wildman–Crippen MR) is 77.9 cm³/mol. The number of rotatable bonds is 6. The van der Waals surface area contributed by atoms with Crippen LogP contribution in [0.1, 0.15) is 37.0 Å². The molecule has 6 heteroatoms. The van der Waals surface area contributed by atoms with Crippen LogP contribution < -0.4 is 10.1 Å². The maximum absolute atomic E-state index is 5.42. The van der Waals surface area contributed by atoms with E-state index in [9.17, 15) is 0 Å². The minimum absolute atomic E-state index is 0.00481. The summed E-state index contributed by atoms with van der Waals surface area (Å²) in [6, 6.07) is 2.15. The lowest BCUT2D eigenvalue weighted by Gasteiger charge is -2.19. The Kier molecular flexibility index (Phi) is 4.44. The highest BCUT2D eigenvalue weighted by atomic mass is 16.5. The van der Waals surface area contributed by atoms with Gasteiger partial charge in [-0.05, 0) is 26.5 Å². The predicted octanol–water partition coefficient (Wildman–Crippen LogP) is 1.52. The van der Waals surface area contributed by atoms with Gasteiger partial charge in [-0.25, -0.2) is 0 Å². The number of nitrogens with zero attached hydrogens (tertiary/aromatic N) is 4. The molecule has 110 valence electrons. The summed E-state index contributed by atoms with van der Waals surface area (Å²) >= 11 is 0. The van der Waals surface area contributed by atoms with Crippen molar-refractivity contribution < 1.29 is 4.74 Å². The Balaban J connectivity index is 2.51. The summed E-state index contributed by atoms with van der Waals surface area (Å²) < 4.78 is 9.30. The Bertz CT molecular complexity index is 572. The fourth-order valence-corrected chi connectivity index (χ4v) is 2.48. The van der Waals surface area contributed by atoms with Crippen molar-refractivity contribution in [3.8, 4) is 5.75 Å². The van der Waals surface area contributed by atoms with Gasteiger partial charge < -0.3 is 10.1 Å². The van der Waals surface area contributed by atoms with Crippen LogP contribution in [0.5, 0.6) is 5.75 Å². The van der Waals surface area contributed by atoms with Crippen LogP contribution in [0.2, 0.25) is 0 Å². The van der Waals surface area contributed by atoms with Crippen LogP contribution in [0, 0.1) is 0 Å². The average molecular weight is 277 g/mol.